The molecular weight excluding hydrogens is 280 g/mol. The zero-order valence-electron chi connectivity index (χ0n) is 11.1. The molecule has 0 saturated heterocycles. The van der Waals surface area contributed by atoms with Crippen LogP contribution in [-0.4, -0.2) is 30.5 Å². The van der Waals surface area contributed by atoms with Gasteiger partial charge in [-0.05, 0) is 24.3 Å². The van der Waals surface area contributed by atoms with Crippen LogP contribution in [0, 0.1) is 22.7 Å². The van der Waals surface area contributed by atoms with Gasteiger partial charge in [0.15, 0.2) is 0 Å². The Hall–Kier alpha value is -2.67. The number of nitriles is 2. The lowest BCUT2D eigenvalue weighted by Crippen LogP contribution is -2.32. The third kappa shape index (κ3) is 5.45. The molecule has 1 rings (SSSR count). The maximum absolute atomic E-state index is 12.2. The van der Waals surface area contributed by atoms with Crippen LogP contribution in [0.2, 0.25) is 0 Å². The molecule has 0 N–H and O–H groups in total. The first-order chi connectivity index (χ1) is 10.1. The molecule has 0 aromatic heterocycles. The fourth-order valence-electron chi connectivity index (χ4n) is 1.65. The molecule has 0 aliphatic rings. The second-order valence-electron chi connectivity index (χ2n) is 4.01. The number of carbonyl (C=O) groups excluding carboxylic acids is 1. The third-order valence-corrected chi connectivity index (χ3v) is 2.60. The van der Waals surface area contributed by atoms with Crippen molar-refractivity contribution in [2.24, 2.45) is 0 Å². The number of benzene rings is 1. The van der Waals surface area contributed by atoms with E-state index in [1.165, 1.54) is 29.2 Å². The quantitative estimate of drug-likeness (QED) is 0.774. The van der Waals surface area contributed by atoms with Gasteiger partial charge in [-0.3, -0.25) is 4.79 Å². The van der Waals surface area contributed by atoms with Crippen molar-refractivity contribution in [1.82, 2.24) is 4.90 Å². The summed E-state index contributed by atoms with van der Waals surface area (Å²) in [6.45, 7) is -2.49. The molecule has 21 heavy (non-hydrogen) atoms. The average Bonchev–Trinajstić information content (AvgIpc) is 2.47. The van der Waals surface area contributed by atoms with Crippen LogP contribution in [0.1, 0.15) is 23.2 Å². The highest BCUT2D eigenvalue weighted by Gasteiger charge is 2.15. The Morgan fingerprint density at radius 1 is 1.14 bits per heavy atom. The molecule has 0 bridgehead atoms. The summed E-state index contributed by atoms with van der Waals surface area (Å²) in [5.74, 6) is -0.397. The minimum atomic E-state index is -2.92. The van der Waals surface area contributed by atoms with Crippen LogP contribution in [0.3, 0.4) is 0 Å². The zero-order chi connectivity index (χ0) is 15.7. The molecule has 1 aromatic rings. The number of rotatable bonds is 7. The maximum Gasteiger partial charge on any atom is 0.387 e. The van der Waals surface area contributed by atoms with Crippen LogP contribution < -0.4 is 4.74 Å². The van der Waals surface area contributed by atoms with Crippen molar-refractivity contribution in [3.63, 3.8) is 0 Å². The highest BCUT2D eigenvalue weighted by atomic mass is 19.3. The van der Waals surface area contributed by atoms with Gasteiger partial charge < -0.3 is 9.64 Å². The Kier molecular flexibility index (Phi) is 6.62. The van der Waals surface area contributed by atoms with Gasteiger partial charge >= 0.3 is 6.61 Å². The van der Waals surface area contributed by atoms with Gasteiger partial charge in [-0.25, -0.2) is 0 Å². The summed E-state index contributed by atoms with van der Waals surface area (Å²) in [6.07, 6.45) is 0.313. The van der Waals surface area contributed by atoms with Gasteiger partial charge in [0, 0.05) is 18.7 Å². The summed E-state index contributed by atoms with van der Waals surface area (Å²) in [5, 5.41) is 17.1. The Balaban J connectivity index is 2.78. The second-order valence-corrected chi connectivity index (χ2v) is 4.01. The van der Waals surface area contributed by atoms with Crippen LogP contribution in [0.25, 0.3) is 0 Å². The highest BCUT2D eigenvalue weighted by molar-refractivity contribution is 5.94. The Morgan fingerprint density at radius 2 is 1.67 bits per heavy atom. The van der Waals surface area contributed by atoms with Crippen molar-refractivity contribution < 1.29 is 18.3 Å². The average molecular weight is 293 g/mol. The molecule has 0 heterocycles. The van der Waals surface area contributed by atoms with E-state index in [1.807, 2.05) is 12.1 Å². The summed E-state index contributed by atoms with van der Waals surface area (Å²) in [7, 11) is 0. The maximum atomic E-state index is 12.2. The molecule has 5 nitrogen and oxygen atoms in total. The number of alkyl halides is 2. The lowest BCUT2D eigenvalue weighted by Gasteiger charge is -2.20. The molecule has 0 unspecified atom stereocenters. The van der Waals surface area contributed by atoms with Gasteiger partial charge in [-0.2, -0.15) is 19.3 Å². The standard InChI is InChI=1S/C14H13F2N3O2/c15-14(16)21-12-5-3-11(4-6-12)13(20)19(9-1-7-17)10-2-8-18/h3-6,14H,1-2,9-10H2. The van der Waals surface area contributed by atoms with E-state index in [4.69, 9.17) is 10.5 Å². The summed E-state index contributed by atoms with van der Waals surface area (Å²) < 4.78 is 28.3. The van der Waals surface area contributed by atoms with Gasteiger partial charge in [0.2, 0.25) is 0 Å². The smallest absolute Gasteiger partial charge is 0.387 e. The van der Waals surface area contributed by atoms with Crippen molar-refractivity contribution in [3.05, 3.63) is 29.8 Å². The van der Waals surface area contributed by atoms with Crippen LogP contribution in [-0.2, 0) is 0 Å². The van der Waals surface area contributed by atoms with E-state index in [2.05, 4.69) is 4.74 Å². The number of nitrogens with zero attached hydrogens (tertiary/aromatic N) is 3. The van der Waals surface area contributed by atoms with E-state index in [9.17, 15) is 13.6 Å². The number of carbonyl (C=O) groups is 1. The first-order valence-electron chi connectivity index (χ1n) is 6.16. The van der Waals surface area contributed by atoms with Crippen molar-refractivity contribution in [2.75, 3.05) is 13.1 Å². The lowest BCUT2D eigenvalue weighted by molar-refractivity contribution is -0.0498. The van der Waals surface area contributed by atoms with Crippen molar-refractivity contribution >= 4 is 5.91 Å². The predicted molar refractivity (Wildman–Crippen MR) is 69.4 cm³/mol. The minimum absolute atomic E-state index is 0.0397. The Bertz CT molecular complexity index is 529. The van der Waals surface area contributed by atoms with Gasteiger partial charge in [-0.15, -0.1) is 0 Å². The monoisotopic (exact) mass is 293 g/mol. The second kappa shape index (κ2) is 8.49. The number of hydrogen-bond acceptors (Lipinski definition) is 4. The van der Waals surface area contributed by atoms with E-state index < -0.39 is 6.61 Å². The van der Waals surface area contributed by atoms with E-state index >= 15 is 0 Å². The zero-order valence-corrected chi connectivity index (χ0v) is 11.1. The number of halogens is 2. The number of hydrogen-bond donors (Lipinski definition) is 0. The normalized spacial score (nSPS) is 9.76. The summed E-state index contributed by atoms with van der Waals surface area (Å²) >= 11 is 0. The largest absolute Gasteiger partial charge is 0.435 e. The predicted octanol–water partition coefficient (Wildman–Crippen LogP) is 2.56. The van der Waals surface area contributed by atoms with E-state index in [1.54, 1.807) is 0 Å². The number of amides is 1. The van der Waals surface area contributed by atoms with Gasteiger partial charge in [0.1, 0.15) is 5.75 Å². The van der Waals surface area contributed by atoms with Crippen molar-refractivity contribution in [3.8, 4) is 17.9 Å². The number of ether oxygens (including phenoxy) is 1. The molecule has 0 atom stereocenters. The van der Waals surface area contributed by atoms with Crippen LogP contribution in [0.5, 0.6) is 5.75 Å². The molecule has 0 spiro atoms. The molecular formula is C14H13F2N3O2. The molecule has 0 saturated carbocycles. The van der Waals surface area contributed by atoms with E-state index in [0.29, 0.717) is 0 Å². The fraction of sp³-hybridized carbons (Fsp3) is 0.357. The first kappa shape index (κ1) is 16.4. The lowest BCUT2D eigenvalue weighted by atomic mass is 10.2. The van der Waals surface area contributed by atoms with Crippen molar-refractivity contribution in [1.29, 1.82) is 10.5 Å². The topological polar surface area (TPSA) is 77.1 Å². The van der Waals surface area contributed by atoms with Crippen LogP contribution in [0.4, 0.5) is 8.78 Å². The van der Waals surface area contributed by atoms with Gasteiger partial charge in [-0.1, -0.05) is 0 Å². The van der Waals surface area contributed by atoms with E-state index in [0.717, 1.165) is 0 Å². The molecule has 1 aromatic carbocycles. The molecule has 110 valence electrons. The van der Waals surface area contributed by atoms with Crippen molar-refractivity contribution in [2.45, 2.75) is 19.5 Å². The highest BCUT2D eigenvalue weighted by Crippen LogP contribution is 2.16. The van der Waals surface area contributed by atoms with E-state index in [-0.39, 0.29) is 43.2 Å². The van der Waals surface area contributed by atoms with Gasteiger partial charge in [0.25, 0.3) is 5.91 Å². The summed E-state index contributed by atoms with van der Waals surface area (Å²) in [5.41, 5.74) is 0.285. The minimum Gasteiger partial charge on any atom is -0.435 e. The SMILES string of the molecule is N#CCCN(CCC#N)C(=O)c1ccc(OC(F)F)cc1. The Morgan fingerprint density at radius 3 is 2.10 bits per heavy atom. The molecule has 0 aliphatic heterocycles. The molecule has 7 heteroatoms. The molecule has 0 aliphatic carbocycles. The Labute approximate surface area is 121 Å². The van der Waals surface area contributed by atoms with Crippen LogP contribution in [0.15, 0.2) is 24.3 Å². The third-order valence-electron chi connectivity index (χ3n) is 2.60. The summed E-state index contributed by atoms with van der Waals surface area (Å²) in [6, 6.07) is 9.14. The summed E-state index contributed by atoms with van der Waals surface area (Å²) in [4.78, 5) is 13.6. The fourth-order valence-corrected chi connectivity index (χ4v) is 1.65. The molecule has 1 amide bonds. The molecule has 0 radical (unpaired) electrons. The van der Waals surface area contributed by atoms with Gasteiger partial charge in [0.05, 0.1) is 25.0 Å². The first-order valence-corrected chi connectivity index (χ1v) is 6.16. The van der Waals surface area contributed by atoms with Crippen LogP contribution >= 0.6 is 0 Å². The molecule has 0 fully saturated rings.